The quantitative estimate of drug-likeness (QED) is 0.837. The third-order valence-electron chi connectivity index (χ3n) is 3.79. The Morgan fingerprint density at radius 1 is 1.29 bits per heavy atom. The molecule has 2 nitrogen and oxygen atoms in total. The molecule has 0 aliphatic heterocycles. The van der Waals surface area contributed by atoms with Crippen molar-refractivity contribution in [2.24, 2.45) is 11.8 Å². The lowest BCUT2D eigenvalue weighted by atomic mass is 9.73. The van der Waals surface area contributed by atoms with Crippen molar-refractivity contribution in [2.75, 3.05) is 12.4 Å². The van der Waals surface area contributed by atoms with Gasteiger partial charge in [0.15, 0.2) is 0 Å². The van der Waals surface area contributed by atoms with Crippen molar-refractivity contribution in [3.8, 4) is 0 Å². The van der Waals surface area contributed by atoms with Gasteiger partial charge in [-0.1, -0.05) is 32.0 Å². The normalized spacial score (nSPS) is 23.5. The van der Waals surface area contributed by atoms with E-state index in [2.05, 4.69) is 43.4 Å². The van der Waals surface area contributed by atoms with Gasteiger partial charge in [0.25, 0.3) is 0 Å². The monoisotopic (exact) mass is 233 g/mol. The van der Waals surface area contributed by atoms with E-state index < -0.39 is 0 Å². The SMILES string of the molecule is COCc1ccccc1NC1CC(C(C)C)C1. The highest BCUT2D eigenvalue weighted by Gasteiger charge is 2.31. The van der Waals surface area contributed by atoms with E-state index in [0.29, 0.717) is 12.6 Å². The first kappa shape index (κ1) is 12.4. The second-order valence-corrected chi connectivity index (χ2v) is 5.41. The average molecular weight is 233 g/mol. The first-order valence-electron chi connectivity index (χ1n) is 6.54. The molecule has 0 radical (unpaired) electrons. The maximum Gasteiger partial charge on any atom is 0.0733 e. The van der Waals surface area contributed by atoms with Crippen LogP contribution in [0.25, 0.3) is 0 Å². The van der Waals surface area contributed by atoms with Crippen LogP contribution >= 0.6 is 0 Å². The van der Waals surface area contributed by atoms with Gasteiger partial charge in [-0.15, -0.1) is 0 Å². The molecule has 2 rings (SSSR count). The number of hydrogen-bond acceptors (Lipinski definition) is 2. The molecule has 1 saturated carbocycles. The Kier molecular flexibility index (Phi) is 4.06. The molecule has 1 N–H and O–H groups in total. The number of methoxy groups -OCH3 is 1. The molecule has 1 aromatic rings. The third kappa shape index (κ3) is 3.01. The van der Waals surface area contributed by atoms with Gasteiger partial charge in [-0.2, -0.15) is 0 Å². The van der Waals surface area contributed by atoms with E-state index in [1.165, 1.54) is 24.1 Å². The highest BCUT2D eigenvalue weighted by Crippen LogP contribution is 2.36. The lowest BCUT2D eigenvalue weighted by Gasteiger charge is -2.39. The van der Waals surface area contributed by atoms with E-state index in [4.69, 9.17) is 4.74 Å². The largest absolute Gasteiger partial charge is 0.382 e. The molecule has 0 spiro atoms. The molecule has 0 bridgehead atoms. The molecule has 1 aromatic carbocycles. The van der Waals surface area contributed by atoms with Crippen LogP contribution in [0, 0.1) is 11.8 Å². The van der Waals surface area contributed by atoms with Gasteiger partial charge < -0.3 is 10.1 Å². The standard InChI is InChI=1S/C15H23NO/c1-11(2)13-8-14(9-13)16-15-7-5-4-6-12(15)10-17-3/h4-7,11,13-14,16H,8-10H2,1-3H3. The van der Waals surface area contributed by atoms with Crippen LogP contribution in [0.5, 0.6) is 0 Å². The Morgan fingerprint density at radius 2 is 2.00 bits per heavy atom. The van der Waals surface area contributed by atoms with Gasteiger partial charge in [-0.25, -0.2) is 0 Å². The highest BCUT2D eigenvalue weighted by molar-refractivity contribution is 5.51. The predicted molar refractivity (Wildman–Crippen MR) is 72.1 cm³/mol. The number of nitrogens with one attached hydrogen (secondary N) is 1. The summed E-state index contributed by atoms with van der Waals surface area (Å²) in [4.78, 5) is 0. The minimum Gasteiger partial charge on any atom is -0.382 e. The third-order valence-corrected chi connectivity index (χ3v) is 3.79. The maximum absolute atomic E-state index is 5.22. The lowest BCUT2D eigenvalue weighted by Crippen LogP contribution is -2.38. The fourth-order valence-electron chi connectivity index (χ4n) is 2.49. The van der Waals surface area contributed by atoms with Crippen molar-refractivity contribution in [2.45, 2.75) is 39.3 Å². The smallest absolute Gasteiger partial charge is 0.0733 e. The van der Waals surface area contributed by atoms with E-state index in [1.54, 1.807) is 7.11 Å². The summed E-state index contributed by atoms with van der Waals surface area (Å²) in [6.07, 6.45) is 2.61. The average Bonchev–Trinajstić information content (AvgIpc) is 2.24. The van der Waals surface area contributed by atoms with E-state index in [0.717, 1.165) is 11.8 Å². The van der Waals surface area contributed by atoms with Crippen LogP contribution in [-0.4, -0.2) is 13.2 Å². The summed E-state index contributed by atoms with van der Waals surface area (Å²) >= 11 is 0. The first-order valence-corrected chi connectivity index (χ1v) is 6.54. The topological polar surface area (TPSA) is 21.3 Å². The number of benzene rings is 1. The Labute approximate surface area is 104 Å². The summed E-state index contributed by atoms with van der Waals surface area (Å²) in [6, 6.07) is 9.08. The molecule has 0 aromatic heterocycles. The summed E-state index contributed by atoms with van der Waals surface area (Å²) in [5.74, 6) is 1.73. The Hall–Kier alpha value is -1.02. The molecule has 0 heterocycles. The minimum absolute atomic E-state index is 0.653. The van der Waals surface area contributed by atoms with Gasteiger partial charge in [0.1, 0.15) is 0 Å². The van der Waals surface area contributed by atoms with Crippen LogP contribution in [-0.2, 0) is 11.3 Å². The van der Waals surface area contributed by atoms with Gasteiger partial charge in [0.05, 0.1) is 6.61 Å². The maximum atomic E-state index is 5.22. The number of ether oxygens (including phenoxy) is 1. The molecule has 94 valence electrons. The van der Waals surface area contributed by atoms with Gasteiger partial charge >= 0.3 is 0 Å². The van der Waals surface area contributed by atoms with Gasteiger partial charge in [-0.05, 0) is 30.7 Å². The Balaban J connectivity index is 1.91. The zero-order chi connectivity index (χ0) is 12.3. The van der Waals surface area contributed by atoms with Crippen molar-refractivity contribution in [3.63, 3.8) is 0 Å². The van der Waals surface area contributed by atoms with Crippen molar-refractivity contribution in [1.29, 1.82) is 0 Å². The van der Waals surface area contributed by atoms with Crippen LogP contribution < -0.4 is 5.32 Å². The number of anilines is 1. The highest BCUT2D eigenvalue weighted by atomic mass is 16.5. The second-order valence-electron chi connectivity index (χ2n) is 5.41. The van der Waals surface area contributed by atoms with Crippen molar-refractivity contribution >= 4 is 5.69 Å². The van der Waals surface area contributed by atoms with E-state index in [1.807, 2.05) is 0 Å². The minimum atomic E-state index is 0.653. The molecule has 1 aliphatic carbocycles. The molecular formula is C15H23NO. The molecule has 17 heavy (non-hydrogen) atoms. The summed E-state index contributed by atoms with van der Waals surface area (Å²) in [7, 11) is 1.74. The molecule has 0 atom stereocenters. The van der Waals surface area contributed by atoms with E-state index in [9.17, 15) is 0 Å². The lowest BCUT2D eigenvalue weighted by molar-refractivity contribution is 0.184. The molecule has 1 aliphatic rings. The van der Waals surface area contributed by atoms with Crippen molar-refractivity contribution in [3.05, 3.63) is 29.8 Å². The van der Waals surface area contributed by atoms with Gasteiger partial charge in [0, 0.05) is 24.4 Å². The fourth-order valence-corrected chi connectivity index (χ4v) is 2.49. The summed E-state index contributed by atoms with van der Waals surface area (Å²) < 4.78 is 5.22. The molecule has 0 saturated heterocycles. The van der Waals surface area contributed by atoms with Crippen LogP contribution in [0.2, 0.25) is 0 Å². The van der Waals surface area contributed by atoms with Gasteiger partial charge in [-0.3, -0.25) is 0 Å². The van der Waals surface area contributed by atoms with Crippen LogP contribution in [0.4, 0.5) is 5.69 Å². The molecule has 1 fully saturated rings. The van der Waals surface area contributed by atoms with Crippen LogP contribution in [0.1, 0.15) is 32.3 Å². The summed E-state index contributed by atoms with van der Waals surface area (Å²) in [6.45, 7) is 5.32. The zero-order valence-electron chi connectivity index (χ0n) is 11.1. The molecule has 2 heteroatoms. The van der Waals surface area contributed by atoms with Crippen molar-refractivity contribution in [1.82, 2.24) is 0 Å². The zero-order valence-corrected chi connectivity index (χ0v) is 11.1. The molecule has 0 unspecified atom stereocenters. The van der Waals surface area contributed by atoms with E-state index in [-0.39, 0.29) is 0 Å². The Bertz CT molecular complexity index is 356. The summed E-state index contributed by atoms with van der Waals surface area (Å²) in [5.41, 5.74) is 2.49. The first-order chi connectivity index (χ1) is 8.20. The summed E-state index contributed by atoms with van der Waals surface area (Å²) in [5, 5.41) is 3.64. The van der Waals surface area contributed by atoms with Crippen LogP contribution in [0.15, 0.2) is 24.3 Å². The fraction of sp³-hybridized carbons (Fsp3) is 0.600. The number of para-hydroxylation sites is 1. The number of rotatable bonds is 5. The van der Waals surface area contributed by atoms with Crippen LogP contribution in [0.3, 0.4) is 0 Å². The molecular weight excluding hydrogens is 210 g/mol. The van der Waals surface area contributed by atoms with E-state index >= 15 is 0 Å². The number of hydrogen-bond donors (Lipinski definition) is 1. The predicted octanol–water partition coefficient (Wildman–Crippen LogP) is 3.68. The second kappa shape index (κ2) is 5.54. The molecule has 0 amide bonds. The van der Waals surface area contributed by atoms with Crippen molar-refractivity contribution < 1.29 is 4.74 Å². The van der Waals surface area contributed by atoms with Gasteiger partial charge in [0.2, 0.25) is 0 Å². The Morgan fingerprint density at radius 3 is 2.65 bits per heavy atom.